The average Bonchev–Trinajstić information content (AvgIpc) is 2.45. The lowest BCUT2D eigenvalue weighted by Crippen LogP contribution is -2.31. The van der Waals surface area contributed by atoms with Crippen molar-refractivity contribution in [1.29, 1.82) is 0 Å². The van der Waals surface area contributed by atoms with Crippen molar-refractivity contribution >= 4 is 0 Å². The van der Waals surface area contributed by atoms with Crippen LogP contribution in [-0.4, -0.2) is 24.5 Å². The monoisotopic (exact) mass is 256 g/mol. The highest BCUT2D eigenvalue weighted by atomic mass is 15.1. The van der Waals surface area contributed by atoms with Crippen LogP contribution in [0.4, 0.5) is 0 Å². The third kappa shape index (κ3) is 10.4. The van der Waals surface area contributed by atoms with Crippen molar-refractivity contribution in [3.05, 3.63) is 23.9 Å². The SMILES string of the molecule is C/C=C\C(=C/C)N(C)C(CC)CCN.CC.CC. The topological polar surface area (TPSA) is 29.3 Å². The maximum atomic E-state index is 5.59. The molecule has 0 aliphatic heterocycles. The Bertz CT molecular complexity index is 195. The number of nitrogens with two attached hydrogens (primary N) is 1. The van der Waals surface area contributed by atoms with Gasteiger partial charge in [-0.05, 0) is 39.3 Å². The fraction of sp³-hybridized carbons (Fsp3) is 0.750. The first kappa shape index (κ1) is 22.4. The fourth-order valence-corrected chi connectivity index (χ4v) is 1.66. The van der Waals surface area contributed by atoms with E-state index in [1.54, 1.807) is 0 Å². The van der Waals surface area contributed by atoms with Gasteiger partial charge >= 0.3 is 0 Å². The summed E-state index contributed by atoms with van der Waals surface area (Å²) in [6.07, 6.45) is 8.55. The summed E-state index contributed by atoms with van der Waals surface area (Å²) in [5.41, 5.74) is 6.87. The fourth-order valence-electron chi connectivity index (χ4n) is 1.66. The van der Waals surface area contributed by atoms with Gasteiger partial charge in [0, 0.05) is 18.8 Å². The molecule has 0 aromatic carbocycles. The smallest absolute Gasteiger partial charge is 0.0319 e. The normalized spacial score (nSPS) is 12.2. The van der Waals surface area contributed by atoms with Gasteiger partial charge in [-0.3, -0.25) is 0 Å². The zero-order valence-corrected chi connectivity index (χ0v) is 14.0. The molecule has 2 heteroatoms. The third-order valence-electron chi connectivity index (χ3n) is 2.56. The van der Waals surface area contributed by atoms with Gasteiger partial charge in [0.2, 0.25) is 0 Å². The van der Waals surface area contributed by atoms with Gasteiger partial charge in [-0.25, -0.2) is 0 Å². The highest BCUT2D eigenvalue weighted by Crippen LogP contribution is 2.13. The molecule has 1 unspecified atom stereocenters. The van der Waals surface area contributed by atoms with Crippen molar-refractivity contribution in [3.8, 4) is 0 Å². The second kappa shape index (κ2) is 18.6. The molecule has 18 heavy (non-hydrogen) atoms. The van der Waals surface area contributed by atoms with E-state index in [-0.39, 0.29) is 0 Å². The zero-order chi connectivity index (χ0) is 15.0. The predicted molar refractivity (Wildman–Crippen MR) is 86.8 cm³/mol. The van der Waals surface area contributed by atoms with Crippen LogP contribution in [0.3, 0.4) is 0 Å². The molecule has 0 aromatic rings. The molecule has 0 saturated heterocycles. The molecular formula is C16H36N2. The van der Waals surface area contributed by atoms with Crippen LogP contribution in [0.1, 0.15) is 61.3 Å². The van der Waals surface area contributed by atoms with Crippen LogP contribution in [-0.2, 0) is 0 Å². The zero-order valence-electron chi connectivity index (χ0n) is 14.0. The second-order valence-corrected chi connectivity index (χ2v) is 3.46. The largest absolute Gasteiger partial charge is 0.372 e. The lowest BCUT2D eigenvalue weighted by molar-refractivity contribution is 0.290. The van der Waals surface area contributed by atoms with Crippen LogP contribution >= 0.6 is 0 Å². The molecule has 1 atom stereocenters. The summed E-state index contributed by atoms with van der Waals surface area (Å²) in [5, 5.41) is 0. The molecule has 2 N–H and O–H groups in total. The number of hydrogen-bond donors (Lipinski definition) is 1. The van der Waals surface area contributed by atoms with Gasteiger partial charge in [-0.15, -0.1) is 0 Å². The molecule has 0 aromatic heterocycles. The van der Waals surface area contributed by atoms with Crippen LogP contribution in [0, 0.1) is 0 Å². The predicted octanol–water partition coefficient (Wildman–Crippen LogP) is 4.58. The molecule has 0 spiro atoms. The molecule has 0 radical (unpaired) electrons. The Labute approximate surface area is 116 Å². The van der Waals surface area contributed by atoms with E-state index in [9.17, 15) is 0 Å². The molecule has 0 heterocycles. The number of allylic oxidation sites excluding steroid dienone is 3. The minimum Gasteiger partial charge on any atom is -0.372 e. The Kier molecular flexibility index (Phi) is 23.2. The van der Waals surface area contributed by atoms with Crippen molar-refractivity contribution in [1.82, 2.24) is 4.90 Å². The van der Waals surface area contributed by atoms with Gasteiger partial charge < -0.3 is 10.6 Å². The molecule has 0 aliphatic rings. The number of likely N-dealkylation sites (N-methyl/N-ethyl adjacent to an activating group) is 1. The maximum absolute atomic E-state index is 5.59. The van der Waals surface area contributed by atoms with Gasteiger partial charge in [0.05, 0.1) is 0 Å². The number of nitrogens with zero attached hydrogens (tertiary/aromatic N) is 1. The molecule has 0 saturated carbocycles. The van der Waals surface area contributed by atoms with Crippen LogP contribution in [0.25, 0.3) is 0 Å². The lowest BCUT2D eigenvalue weighted by atomic mass is 10.1. The number of hydrogen-bond acceptors (Lipinski definition) is 2. The van der Waals surface area contributed by atoms with Crippen LogP contribution in [0.5, 0.6) is 0 Å². The third-order valence-corrected chi connectivity index (χ3v) is 2.56. The van der Waals surface area contributed by atoms with Gasteiger partial charge in [0.15, 0.2) is 0 Å². The summed E-state index contributed by atoms with van der Waals surface area (Å²) in [6, 6.07) is 0.558. The van der Waals surface area contributed by atoms with E-state index in [0.29, 0.717) is 6.04 Å². The van der Waals surface area contributed by atoms with E-state index in [1.165, 1.54) is 5.70 Å². The summed E-state index contributed by atoms with van der Waals surface area (Å²) in [5.74, 6) is 0. The minimum atomic E-state index is 0.558. The second-order valence-electron chi connectivity index (χ2n) is 3.46. The Morgan fingerprint density at radius 3 is 1.94 bits per heavy atom. The average molecular weight is 256 g/mol. The van der Waals surface area contributed by atoms with Crippen LogP contribution in [0.2, 0.25) is 0 Å². The van der Waals surface area contributed by atoms with Crippen molar-refractivity contribution in [2.24, 2.45) is 5.73 Å². The van der Waals surface area contributed by atoms with E-state index in [4.69, 9.17) is 5.73 Å². The Hall–Kier alpha value is -0.760. The molecule has 0 bridgehead atoms. The van der Waals surface area contributed by atoms with Crippen LogP contribution in [0.15, 0.2) is 23.9 Å². The first-order valence-electron chi connectivity index (χ1n) is 7.43. The molecule has 110 valence electrons. The quantitative estimate of drug-likeness (QED) is 0.705. The number of rotatable bonds is 6. The van der Waals surface area contributed by atoms with Crippen molar-refractivity contribution in [3.63, 3.8) is 0 Å². The molecule has 0 amide bonds. The first-order chi connectivity index (χ1) is 8.71. The summed E-state index contributed by atoms with van der Waals surface area (Å²) in [7, 11) is 2.14. The van der Waals surface area contributed by atoms with Gasteiger partial charge in [0.1, 0.15) is 0 Å². The molecule has 0 aliphatic carbocycles. The molecule has 0 fully saturated rings. The first-order valence-corrected chi connectivity index (χ1v) is 7.43. The standard InChI is InChI=1S/C12H24N2.2C2H6/c1-5-8-11(6-2)14(4)12(7-3)9-10-13;2*1-2/h5-6,8,12H,7,9-10,13H2,1-4H3;2*1-2H3/b8-5-,11-6+;;. The van der Waals surface area contributed by atoms with Crippen molar-refractivity contribution in [2.45, 2.75) is 67.3 Å². The molecule has 0 rings (SSSR count). The van der Waals surface area contributed by atoms with E-state index in [2.05, 4.69) is 44.0 Å². The highest BCUT2D eigenvalue weighted by molar-refractivity contribution is 5.16. The van der Waals surface area contributed by atoms with E-state index in [0.717, 1.165) is 19.4 Å². The van der Waals surface area contributed by atoms with E-state index < -0.39 is 0 Å². The van der Waals surface area contributed by atoms with Crippen molar-refractivity contribution < 1.29 is 0 Å². The van der Waals surface area contributed by atoms with Gasteiger partial charge in [-0.2, -0.15) is 0 Å². The molecule has 2 nitrogen and oxygen atoms in total. The summed E-state index contributed by atoms with van der Waals surface area (Å²) in [4.78, 5) is 2.31. The Morgan fingerprint density at radius 1 is 1.17 bits per heavy atom. The Morgan fingerprint density at radius 2 is 1.67 bits per heavy atom. The van der Waals surface area contributed by atoms with Crippen LogP contribution < -0.4 is 5.73 Å². The summed E-state index contributed by atoms with van der Waals surface area (Å²) >= 11 is 0. The summed E-state index contributed by atoms with van der Waals surface area (Å²) in [6.45, 7) is 15.1. The molecular weight excluding hydrogens is 220 g/mol. The maximum Gasteiger partial charge on any atom is 0.0319 e. The summed E-state index contributed by atoms with van der Waals surface area (Å²) < 4.78 is 0. The lowest BCUT2D eigenvalue weighted by Gasteiger charge is -2.29. The van der Waals surface area contributed by atoms with Gasteiger partial charge in [0.25, 0.3) is 0 Å². The van der Waals surface area contributed by atoms with E-state index in [1.807, 2.05) is 34.6 Å². The van der Waals surface area contributed by atoms with E-state index >= 15 is 0 Å². The van der Waals surface area contributed by atoms with Crippen molar-refractivity contribution in [2.75, 3.05) is 13.6 Å². The Balaban J connectivity index is -0.000000506. The highest BCUT2D eigenvalue weighted by Gasteiger charge is 2.11. The van der Waals surface area contributed by atoms with Gasteiger partial charge in [-0.1, -0.05) is 46.8 Å². The minimum absolute atomic E-state index is 0.558.